The van der Waals surface area contributed by atoms with Crippen LogP contribution in [-0.4, -0.2) is 30.5 Å². The zero-order chi connectivity index (χ0) is 24.5. The molecule has 0 saturated heterocycles. The molecule has 0 aliphatic carbocycles. The summed E-state index contributed by atoms with van der Waals surface area (Å²) in [7, 11) is 0. The van der Waals surface area contributed by atoms with Gasteiger partial charge in [0, 0.05) is 17.4 Å². The predicted molar refractivity (Wildman–Crippen MR) is 126 cm³/mol. The number of anilines is 1. The molecule has 5 rings (SSSR count). The van der Waals surface area contributed by atoms with Crippen LogP contribution in [0.5, 0.6) is 0 Å². The number of aryl methyl sites for hydroxylation is 1. The van der Waals surface area contributed by atoms with Crippen LogP contribution < -0.4 is 5.32 Å². The highest BCUT2D eigenvalue weighted by Gasteiger charge is 2.22. The molecule has 1 aromatic carbocycles. The number of nitrogens with zero attached hydrogens (tertiary/aromatic N) is 5. The summed E-state index contributed by atoms with van der Waals surface area (Å²) in [5.74, 6) is -0.0311. The lowest BCUT2D eigenvalue weighted by Gasteiger charge is -2.09. The number of hydrogen-bond acceptors (Lipinski definition) is 5. The first kappa shape index (κ1) is 22.7. The maximum absolute atomic E-state index is 13.9. The van der Waals surface area contributed by atoms with Gasteiger partial charge in [0.2, 0.25) is 5.91 Å². The van der Waals surface area contributed by atoms with Gasteiger partial charge >= 0.3 is 0 Å². The van der Waals surface area contributed by atoms with Gasteiger partial charge in [-0.2, -0.15) is 10.2 Å². The lowest BCUT2D eigenvalue weighted by atomic mass is 10.1. The van der Waals surface area contributed by atoms with Crippen LogP contribution in [0.15, 0.2) is 65.5 Å². The molecular weight excluding hydrogens is 478 g/mol. The van der Waals surface area contributed by atoms with Crippen molar-refractivity contribution in [2.75, 3.05) is 5.32 Å². The van der Waals surface area contributed by atoms with Crippen molar-refractivity contribution < 1.29 is 18.0 Å². The minimum absolute atomic E-state index is 0.186. The average Bonchev–Trinajstić information content (AvgIpc) is 3.55. The van der Waals surface area contributed by atoms with Gasteiger partial charge in [-0.25, -0.2) is 18.4 Å². The first-order valence-electron chi connectivity index (χ1n) is 10.6. The molecule has 0 radical (unpaired) electrons. The van der Waals surface area contributed by atoms with Gasteiger partial charge in [-0.1, -0.05) is 23.7 Å². The number of furan rings is 1. The maximum Gasteiger partial charge on any atom is 0.264 e. The molecule has 8 nitrogen and oxygen atoms in total. The molecule has 35 heavy (non-hydrogen) atoms. The van der Waals surface area contributed by atoms with Gasteiger partial charge in [-0.15, -0.1) is 0 Å². The van der Waals surface area contributed by atoms with Crippen molar-refractivity contribution in [3.63, 3.8) is 0 Å². The lowest BCUT2D eigenvalue weighted by molar-refractivity contribution is -0.116. The summed E-state index contributed by atoms with van der Waals surface area (Å²) in [5.41, 5.74) is 2.07. The number of fused-ring (bicyclic) bond motifs is 1. The number of benzene rings is 1. The minimum Gasteiger partial charge on any atom is -0.463 e. The number of aromatic nitrogens is 5. The quantitative estimate of drug-likeness (QED) is 0.322. The molecule has 0 atom stereocenters. The molecule has 4 heterocycles. The van der Waals surface area contributed by atoms with E-state index < -0.39 is 6.43 Å². The Morgan fingerprint density at radius 2 is 2.09 bits per heavy atom. The molecule has 0 saturated carbocycles. The van der Waals surface area contributed by atoms with Gasteiger partial charge in [-0.3, -0.25) is 9.48 Å². The Labute approximate surface area is 203 Å². The van der Waals surface area contributed by atoms with E-state index in [4.69, 9.17) is 16.0 Å². The molecule has 1 N–H and O–H groups in total. The molecular formula is C24H19ClF2N6O2. The van der Waals surface area contributed by atoms with Crippen LogP contribution in [0.4, 0.5) is 14.5 Å². The Bertz CT molecular complexity index is 1510. The van der Waals surface area contributed by atoms with Crippen molar-refractivity contribution in [3.05, 3.63) is 83.0 Å². The number of pyridine rings is 1. The van der Waals surface area contributed by atoms with Crippen molar-refractivity contribution in [1.29, 1.82) is 0 Å². The third kappa shape index (κ3) is 4.78. The molecule has 0 aliphatic rings. The largest absolute Gasteiger partial charge is 0.463 e. The molecule has 5 aromatic rings. The summed E-state index contributed by atoms with van der Waals surface area (Å²) < 4.78 is 36.1. The number of alkyl halides is 2. The van der Waals surface area contributed by atoms with E-state index in [-0.39, 0.29) is 34.7 Å². The van der Waals surface area contributed by atoms with E-state index in [0.29, 0.717) is 28.7 Å². The highest BCUT2D eigenvalue weighted by atomic mass is 35.5. The lowest BCUT2D eigenvalue weighted by Crippen LogP contribution is -2.20. The second kappa shape index (κ2) is 9.30. The standard InChI is InChI=1S/C24H19ClF2N6O2/c1-14-22-18(23(26)27)9-19(20-6-3-7-35-20)30-24(22)33(31-14)13-21(34)29-17-5-2-4-15(8-17)11-32-12-16(25)10-28-32/h2-10,12,23H,11,13H2,1H3,(H,29,34). The topological polar surface area (TPSA) is 90.8 Å². The number of halogens is 3. The smallest absolute Gasteiger partial charge is 0.264 e. The summed E-state index contributed by atoms with van der Waals surface area (Å²) in [4.78, 5) is 17.3. The fraction of sp³-hybridized carbons (Fsp3) is 0.167. The summed E-state index contributed by atoms with van der Waals surface area (Å²) in [6.07, 6.45) is 1.95. The van der Waals surface area contributed by atoms with Crippen molar-refractivity contribution in [3.8, 4) is 11.5 Å². The first-order valence-corrected chi connectivity index (χ1v) is 11.0. The predicted octanol–water partition coefficient (Wildman–Crippen LogP) is 5.47. The van der Waals surface area contributed by atoms with Crippen LogP contribution in [0.25, 0.3) is 22.5 Å². The number of rotatable bonds is 7. The van der Waals surface area contributed by atoms with E-state index in [2.05, 4.69) is 20.5 Å². The van der Waals surface area contributed by atoms with E-state index in [1.807, 2.05) is 18.2 Å². The van der Waals surface area contributed by atoms with Crippen LogP contribution in [0.3, 0.4) is 0 Å². The van der Waals surface area contributed by atoms with E-state index in [0.717, 1.165) is 5.56 Å². The van der Waals surface area contributed by atoms with Crippen LogP contribution >= 0.6 is 11.6 Å². The van der Waals surface area contributed by atoms with E-state index >= 15 is 0 Å². The Morgan fingerprint density at radius 1 is 1.23 bits per heavy atom. The van der Waals surface area contributed by atoms with Gasteiger partial charge in [0.25, 0.3) is 6.43 Å². The second-order valence-electron chi connectivity index (χ2n) is 7.92. The third-order valence-electron chi connectivity index (χ3n) is 5.37. The SMILES string of the molecule is Cc1nn(CC(=O)Nc2cccc(Cn3cc(Cl)cn3)c2)c2nc(-c3ccco3)cc(C(F)F)c12. The fourth-order valence-corrected chi connectivity index (χ4v) is 4.07. The molecule has 0 fully saturated rings. The fourth-order valence-electron chi connectivity index (χ4n) is 3.92. The van der Waals surface area contributed by atoms with Gasteiger partial charge in [0.15, 0.2) is 11.4 Å². The molecule has 0 bridgehead atoms. The molecule has 0 aliphatic heterocycles. The second-order valence-corrected chi connectivity index (χ2v) is 8.36. The van der Waals surface area contributed by atoms with Gasteiger partial charge in [0.1, 0.15) is 12.2 Å². The third-order valence-corrected chi connectivity index (χ3v) is 5.56. The Balaban J connectivity index is 1.40. The number of hydrogen-bond donors (Lipinski definition) is 1. The average molecular weight is 497 g/mol. The monoisotopic (exact) mass is 496 g/mol. The molecule has 178 valence electrons. The molecule has 4 aromatic heterocycles. The summed E-state index contributed by atoms with van der Waals surface area (Å²) in [6, 6.07) is 11.9. The van der Waals surface area contributed by atoms with Crippen molar-refractivity contribution in [2.45, 2.75) is 26.4 Å². The molecule has 1 amide bonds. The van der Waals surface area contributed by atoms with Crippen molar-refractivity contribution >= 4 is 34.2 Å². The zero-order valence-corrected chi connectivity index (χ0v) is 19.2. The zero-order valence-electron chi connectivity index (χ0n) is 18.5. The maximum atomic E-state index is 13.9. The summed E-state index contributed by atoms with van der Waals surface area (Å²) in [6.45, 7) is 1.89. The Morgan fingerprint density at radius 3 is 2.80 bits per heavy atom. The Hall–Kier alpha value is -4.05. The highest BCUT2D eigenvalue weighted by Crippen LogP contribution is 2.33. The molecule has 11 heteroatoms. The number of nitrogens with one attached hydrogen (secondary N) is 1. The van der Waals surface area contributed by atoms with Crippen LogP contribution in [0.1, 0.15) is 23.2 Å². The normalized spacial score (nSPS) is 11.5. The summed E-state index contributed by atoms with van der Waals surface area (Å²) in [5, 5.41) is 12.1. The molecule has 0 unspecified atom stereocenters. The van der Waals surface area contributed by atoms with E-state index in [1.165, 1.54) is 17.0 Å². The molecule has 0 spiro atoms. The number of carbonyl (C=O) groups excluding carboxylic acids is 1. The van der Waals surface area contributed by atoms with Crippen molar-refractivity contribution in [2.24, 2.45) is 0 Å². The van der Waals surface area contributed by atoms with Crippen LogP contribution in [0.2, 0.25) is 5.02 Å². The number of amides is 1. The van der Waals surface area contributed by atoms with Crippen LogP contribution in [-0.2, 0) is 17.9 Å². The Kier molecular flexibility index (Phi) is 6.04. The van der Waals surface area contributed by atoms with Gasteiger partial charge < -0.3 is 9.73 Å². The highest BCUT2D eigenvalue weighted by molar-refractivity contribution is 6.30. The number of carbonyl (C=O) groups is 1. The van der Waals surface area contributed by atoms with Gasteiger partial charge in [0.05, 0.1) is 35.1 Å². The minimum atomic E-state index is -2.74. The van der Waals surface area contributed by atoms with Crippen molar-refractivity contribution in [1.82, 2.24) is 24.5 Å². The van der Waals surface area contributed by atoms with E-state index in [9.17, 15) is 13.6 Å². The van der Waals surface area contributed by atoms with Crippen LogP contribution in [0, 0.1) is 6.92 Å². The summed E-state index contributed by atoms with van der Waals surface area (Å²) >= 11 is 5.91. The van der Waals surface area contributed by atoms with Gasteiger partial charge in [-0.05, 0) is 42.8 Å². The van der Waals surface area contributed by atoms with E-state index in [1.54, 1.807) is 42.2 Å². The first-order chi connectivity index (χ1) is 16.9.